The molecule has 124 valence electrons. The molecule has 0 saturated carbocycles. The molecule has 0 saturated heterocycles. The minimum absolute atomic E-state index is 0.109. The highest BCUT2D eigenvalue weighted by molar-refractivity contribution is 9.10. The van der Waals surface area contributed by atoms with Gasteiger partial charge in [0.2, 0.25) is 0 Å². The Hall–Kier alpha value is -1.40. The van der Waals surface area contributed by atoms with Gasteiger partial charge in [0.15, 0.2) is 0 Å². The maximum Gasteiger partial charge on any atom is 0.119 e. The van der Waals surface area contributed by atoms with Crippen LogP contribution in [0.1, 0.15) is 22.8 Å². The molecule has 0 bridgehead atoms. The van der Waals surface area contributed by atoms with Crippen LogP contribution < -0.4 is 4.74 Å². The fraction of sp³-hybridized carbons (Fsp3) is 0.333. The van der Waals surface area contributed by atoms with Gasteiger partial charge in [0.1, 0.15) is 11.9 Å². The molecule has 0 radical (unpaired) electrons. The van der Waals surface area contributed by atoms with Crippen molar-refractivity contribution in [1.29, 1.82) is 0 Å². The molecule has 5 heteroatoms. The molecule has 1 unspecified atom stereocenters. The molecular formula is C18H22BrNO3. The Morgan fingerprint density at radius 1 is 1.22 bits per heavy atom. The van der Waals surface area contributed by atoms with E-state index in [2.05, 4.69) is 15.9 Å². The van der Waals surface area contributed by atoms with Gasteiger partial charge in [-0.2, -0.15) is 0 Å². The molecule has 0 amide bonds. The monoisotopic (exact) mass is 379 g/mol. The van der Waals surface area contributed by atoms with Crippen LogP contribution in [0.4, 0.5) is 0 Å². The molecule has 0 aliphatic carbocycles. The molecule has 0 aliphatic heterocycles. The molecule has 2 rings (SSSR count). The Bertz CT molecular complexity index is 648. The van der Waals surface area contributed by atoms with Crippen molar-refractivity contribution in [3.8, 4) is 5.75 Å². The van der Waals surface area contributed by atoms with Gasteiger partial charge < -0.3 is 14.9 Å². The maximum absolute atomic E-state index is 10.8. The number of nitrogens with zero attached hydrogens (tertiary/aromatic N) is 1. The maximum atomic E-state index is 10.8. The first-order chi connectivity index (χ1) is 11.0. The van der Waals surface area contributed by atoms with E-state index in [-0.39, 0.29) is 6.61 Å². The fourth-order valence-corrected chi connectivity index (χ4v) is 2.92. The van der Waals surface area contributed by atoms with Gasteiger partial charge in [0, 0.05) is 17.6 Å². The van der Waals surface area contributed by atoms with Gasteiger partial charge in [-0.05, 0) is 48.0 Å². The number of likely N-dealkylation sites (N-methyl/N-ethyl adjacent to an activating group) is 1. The zero-order chi connectivity index (χ0) is 16.8. The fourth-order valence-electron chi connectivity index (χ4n) is 2.51. The number of ether oxygens (including phenoxy) is 1. The molecular weight excluding hydrogens is 358 g/mol. The number of hydrogen-bond donors (Lipinski definition) is 2. The summed E-state index contributed by atoms with van der Waals surface area (Å²) < 4.78 is 6.20. The second kappa shape index (κ2) is 8.45. The smallest absolute Gasteiger partial charge is 0.119 e. The summed E-state index contributed by atoms with van der Waals surface area (Å²) in [5, 5.41) is 19.9. The highest BCUT2D eigenvalue weighted by Crippen LogP contribution is 2.29. The minimum Gasteiger partial charge on any atom is -0.497 e. The van der Waals surface area contributed by atoms with Crippen LogP contribution in [0.25, 0.3) is 0 Å². The molecule has 1 atom stereocenters. The normalized spacial score (nSPS) is 12.4. The van der Waals surface area contributed by atoms with E-state index in [0.717, 1.165) is 26.9 Å². The number of methoxy groups -OCH3 is 1. The van der Waals surface area contributed by atoms with Gasteiger partial charge in [-0.25, -0.2) is 0 Å². The molecule has 0 aliphatic rings. The van der Waals surface area contributed by atoms with E-state index in [1.807, 2.05) is 54.4 Å². The van der Waals surface area contributed by atoms with Crippen molar-refractivity contribution >= 4 is 15.9 Å². The standard InChI is InChI=1S/C18H22BrNO3/c1-20(8-9-21)12-14-10-15(19)6-7-17(14)18(22)13-4-3-5-16(11-13)23-2/h3-7,10-11,18,21-22H,8-9,12H2,1-2H3. The van der Waals surface area contributed by atoms with Crippen LogP contribution in [-0.4, -0.2) is 42.4 Å². The highest BCUT2D eigenvalue weighted by Gasteiger charge is 2.16. The number of benzene rings is 2. The lowest BCUT2D eigenvalue weighted by Gasteiger charge is -2.21. The summed E-state index contributed by atoms with van der Waals surface area (Å²) in [5.41, 5.74) is 2.66. The molecule has 2 N–H and O–H groups in total. The second-order valence-electron chi connectivity index (χ2n) is 5.48. The van der Waals surface area contributed by atoms with Crippen molar-refractivity contribution < 1.29 is 14.9 Å². The van der Waals surface area contributed by atoms with E-state index >= 15 is 0 Å². The van der Waals surface area contributed by atoms with Crippen molar-refractivity contribution in [2.75, 3.05) is 27.3 Å². The van der Waals surface area contributed by atoms with E-state index in [1.54, 1.807) is 7.11 Å². The minimum atomic E-state index is -0.726. The SMILES string of the molecule is COc1cccc(C(O)c2ccc(Br)cc2CN(C)CCO)c1. The van der Waals surface area contributed by atoms with Gasteiger partial charge in [-0.3, -0.25) is 4.90 Å². The van der Waals surface area contributed by atoms with Crippen molar-refractivity contribution in [3.63, 3.8) is 0 Å². The van der Waals surface area contributed by atoms with Crippen molar-refractivity contribution in [3.05, 3.63) is 63.6 Å². The lowest BCUT2D eigenvalue weighted by Crippen LogP contribution is -2.22. The van der Waals surface area contributed by atoms with Crippen LogP contribution in [0.3, 0.4) is 0 Å². The van der Waals surface area contributed by atoms with Crippen molar-refractivity contribution in [2.45, 2.75) is 12.6 Å². The zero-order valence-electron chi connectivity index (χ0n) is 13.4. The first-order valence-corrected chi connectivity index (χ1v) is 8.24. The van der Waals surface area contributed by atoms with Crippen LogP contribution in [0.5, 0.6) is 5.75 Å². The Labute approximate surface area is 145 Å². The van der Waals surface area contributed by atoms with Crippen LogP contribution >= 0.6 is 15.9 Å². The second-order valence-corrected chi connectivity index (χ2v) is 6.40. The highest BCUT2D eigenvalue weighted by atomic mass is 79.9. The van der Waals surface area contributed by atoms with Gasteiger partial charge in [0.25, 0.3) is 0 Å². The summed E-state index contributed by atoms with van der Waals surface area (Å²) in [7, 11) is 3.55. The third-order valence-electron chi connectivity index (χ3n) is 3.73. The predicted octanol–water partition coefficient (Wildman–Crippen LogP) is 2.96. The van der Waals surface area contributed by atoms with Crippen LogP contribution in [-0.2, 0) is 6.54 Å². The van der Waals surface area contributed by atoms with Crippen LogP contribution in [0, 0.1) is 0 Å². The van der Waals surface area contributed by atoms with E-state index in [9.17, 15) is 5.11 Å². The van der Waals surface area contributed by atoms with E-state index in [1.165, 1.54) is 0 Å². The van der Waals surface area contributed by atoms with E-state index < -0.39 is 6.10 Å². The average molecular weight is 380 g/mol. The number of rotatable bonds is 7. The third kappa shape index (κ3) is 4.78. The quantitative estimate of drug-likeness (QED) is 0.776. The Morgan fingerprint density at radius 3 is 2.70 bits per heavy atom. The van der Waals surface area contributed by atoms with Crippen molar-refractivity contribution in [1.82, 2.24) is 4.90 Å². The Morgan fingerprint density at radius 2 is 2.00 bits per heavy atom. The topological polar surface area (TPSA) is 52.9 Å². The molecule has 23 heavy (non-hydrogen) atoms. The first kappa shape index (κ1) is 17.9. The Kier molecular flexibility index (Phi) is 6.59. The van der Waals surface area contributed by atoms with Gasteiger partial charge in [-0.15, -0.1) is 0 Å². The predicted molar refractivity (Wildman–Crippen MR) is 94.6 cm³/mol. The van der Waals surface area contributed by atoms with Crippen molar-refractivity contribution in [2.24, 2.45) is 0 Å². The lowest BCUT2D eigenvalue weighted by atomic mass is 9.96. The molecule has 0 heterocycles. The first-order valence-electron chi connectivity index (χ1n) is 7.45. The number of aliphatic hydroxyl groups is 2. The van der Waals surface area contributed by atoms with Gasteiger partial charge in [0.05, 0.1) is 13.7 Å². The molecule has 0 aromatic heterocycles. The lowest BCUT2D eigenvalue weighted by molar-refractivity contribution is 0.206. The molecule has 0 spiro atoms. The summed E-state index contributed by atoms with van der Waals surface area (Å²) in [6.07, 6.45) is -0.726. The molecule has 0 fully saturated rings. The average Bonchev–Trinajstić information content (AvgIpc) is 2.54. The molecule has 4 nitrogen and oxygen atoms in total. The number of halogens is 1. The van der Waals surface area contributed by atoms with E-state index in [0.29, 0.717) is 13.1 Å². The molecule has 2 aromatic rings. The molecule has 2 aromatic carbocycles. The third-order valence-corrected chi connectivity index (χ3v) is 4.22. The van der Waals surface area contributed by atoms with Gasteiger partial charge in [-0.1, -0.05) is 34.1 Å². The summed E-state index contributed by atoms with van der Waals surface area (Å²) in [6, 6.07) is 13.3. The largest absolute Gasteiger partial charge is 0.497 e. The Balaban J connectivity index is 2.33. The number of hydrogen-bond acceptors (Lipinski definition) is 4. The summed E-state index contributed by atoms with van der Waals surface area (Å²) in [6.45, 7) is 1.34. The van der Waals surface area contributed by atoms with Crippen LogP contribution in [0.2, 0.25) is 0 Å². The van der Waals surface area contributed by atoms with Gasteiger partial charge >= 0.3 is 0 Å². The summed E-state index contributed by atoms with van der Waals surface area (Å²) in [5.74, 6) is 0.720. The number of aliphatic hydroxyl groups excluding tert-OH is 2. The van der Waals surface area contributed by atoms with E-state index in [4.69, 9.17) is 9.84 Å². The summed E-state index contributed by atoms with van der Waals surface area (Å²) in [4.78, 5) is 2.02. The summed E-state index contributed by atoms with van der Waals surface area (Å²) >= 11 is 3.48. The zero-order valence-corrected chi connectivity index (χ0v) is 15.0. The van der Waals surface area contributed by atoms with Crippen LogP contribution in [0.15, 0.2) is 46.9 Å².